The van der Waals surface area contributed by atoms with Crippen molar-refractivity contribution in [3.05, 3.63) is 137 Å². The molecule has 0 amide bonds. The summed E-state index contributed by atoms with van der Waals surface area (Å²) in [7, 11) is 0. The summed E-state index contributed by atoms with van der Waals surface area (Å²) in [6.45, 7) is 4.90. The van der Waals surface area contributed by atoms with Crippen molar-refractivity contribution in [2.24, 2.45) is 4.99 Å². The largest absolute Gasteiger partial charge is 0.371 e. The van der Waals surface area contributed by atoms with E-state index in [1.165, 1.54) is 33.4 Å². The number of hydrogen-bond donors (Lipinski definition) is 0. The van der Waals surface area contributed by atoms with Crippen LogP contribution in [0.25, 0.3) is 16.7 Å². The van der Waals surface area contributed by atoms with Crippen LogP contribution < -0.4 is 0 Å². The second-order valence-corrected chi connectivity index (χ2v) is 9.06. The Hall–Kier alpha value is -3.75. The molecular formula is C32H27NO. The number of hydrogen-bond acceptors (Lipinski definition) is 2. The second kappa shape index (κ2) is 8.23. The van der Waals surface area contributed by atoms with Gasteiger partial charge in [-0.2, -0.15) is 0 Å². The normalized spacial score (nSPS) is 20.8. The van der Waals surface area contributed by atoms with E-state index >= 15 is 0 Å². The molecule has 0 saturated carbocycles. The predicted octanol–water partition coefficient (Wildman–Crippen LogP) is 7.29. The Bertz CT molecular complexity index is 1370. The van der Waals surface area contributed by atoms with Gasteiger partial charge in [-0.15, -0.1) is 0 Å². The molecule has 4 aromatic rings. The standard InChI is InChI=1S/C32H27NO/c1-3-34-31-29(28-26-20-12-10-18-24(26)25-19-11-13-21-27(25)28)30(22-14-6-4-7-15-22)33-32(31,2)23-16-8-5-9-17-23/h4-21,31H,3H2,1-2H3/t31?,32-/m1/s1. The molecule has 166 valence electrons. The molecular weight excluding hydrogens is 414 g/mol. The molecule has 1 aliphatic heterocycles. The molecule has 0 radical (unpaired) electrons. The highest BCUT2D eigenvalue weighted by Crippen LogP contribution is 2.51. The third-order valence-electron chi connectivity index (χ3n) is 7.06. The number of fused-ring (bicyclic) bond motifs is 3. The van der Waals surface area contributed by atoms with E-state index in [4.69, 9.17) is 9.73 Å². The average Bonchev–Trinajstić information content (AvgIpc) is 3.38. The maximum Gasteiger partial charge on any atom is 0.114 e. The first kappa shape index (κ1) is 20.8. The van der Waals surface area contributed by atoms with Crippen LogP contribution >= 0.6 is 0 Å². The van der Waals surface area contributed by atoms with Gasteiger partial charge < -0.3 is 4.74 Å². The molecule has 2 heteroatoms. The topological polar surface area (TPSA) is 21.6 Å². The Morgan fingerprint density at radius 2 is 1.18 bits per heavy atom. The van der Waals surface area contributed by atoms with Gasteiger partial charge in [0.15, 0.2) is 0 Å². The Labute approximate surface area is 201 Å². The lowest BCUT2D eigenvalue weighted by atomic mass is 9.81. The highest BCUT2D eigenvalue weighted by atomic mass is 16.5. The van der Waals surface area contributed by atoms with Gasteiger partial charge in [-0.1, -0.05) is 109 Å². The van der Waals surface area contributed by atoms with Crippen LogP contribution in [0.3, 0.4) is 0 Å². The van der Waals surface area contributed by atoms with Crippen molar-refractivity contribution < 1.29 is 4.74 Å². The van der Waals surface area contributed by atoms with E-state index < -0.39 is 5.54 Å². The molecule has 0 saturated heterocycles. The first-order valence-corrected chi connectivity index (χ1v) is 12.0. The van der Waals surface area contributed by atoms with Crippen molar-refractivity contribution >= 4 is 11.3 Å². The highest BCUT2D eigenvalue weighted by Gasteiger charge is 2.48. The molecule has 0 aromatic heterocycles. The van der Waals surface area contributed by atoms with Crippen molar-refractivity contribution in [3.63, 3.8) is 0 Å². The van der Waals surface area contributed by atoms with Crippen molar-refractivity contribution in [3.8, 4) is 11.1 Å². The smallest absolute Gasteiger partial charge is 0.114 e. The molecule has 34 heavy (non-hydrogen) atoms. The lowest BCUT2D eigenvalue weighted by molar-refractivity contribution is 0.0468. The maximum absolute atomic E-state index is 6.61. The summed E-state index contributed by atoms with van der Waals surface area (Å²) < 4.78 is 6.61. The quantitative estimate of drug-likeness (QED) is 0.287. The van der Waals surface area contributed by atoms with E-state index in [0.717, 1.165) is 16.8 Å². The second-order valence-electron chi connectivity index (χ2n) is 9.06. The zero-order valence-electron chi connectivity index (χ0n) is 19.5. The fraction of sp³-hybridized carbons (Fsp3) is 0.156. The minimum atomic E-state index is -0.531. The minimum absolute atomic E-state index is 0.204. The predicted molar refractivity (Wildman–Crippen MR) is 140 cm³/mol. The van der Waals surface area contributed by atoms with Crippen LogP contribution in [0.5, 0.6) is 0 Å². The van der Waals surface area contributed by atoms with Crippen LogP contribution in [0.1, 0.15) is 36.1 Å². The zero-order chi connectivity index (χ0) is 23.1. The van der Waals surface area contributed by atoms with Crippen LogP contribution in [0.2, 0.25) is 0 Å². The van der Waals surface area contributed by atoms with Crippen LogP contribution in [0.15, 0.2) is 120 Å². The van der Waals surface area contributed by atoms with Crippen LogP contribution in [0, 0.1) is 0 Å². The summed E-state index contributed by atoms with van der Waals surface area (Å²) in [5.74, 6) is 0. The van der Waals surface area contributed by atoms with Gasteiger partial charge in [-0.3, -0.25) is 4.99 Å². The van der Waals surface area contributed by atoms with E-state index in [-0.39, 0.29) is 6.10 Å². The van der Waals surface area contributed by atoms with Gasteiger partial charge in [0.05, 0.1) is 5.71 Å². The van der Waals surface area contributed by atoms with Gasteiger partial charge >= 0.3 is 0 Å². The van der Waals surface area contributed by atoms with Gasteiger partial charge in [-0.05, 0) is 47.2 Å². The van der Waals surface area contributed by atoms with Crippen molar-refractivity contribution in [2.45, 2.75) is 25.5 Å². The molecule has 2 aliphatic rings. The summed E-state index contributed by atoms with van der Waals surface area (Å²) >= 11 is 0. The lowest BCUT2D eigenvalue weighted by Gasteiger charge is -2.31. The molecule has 1 unspecified atom stereocenters. The Morgan fingerprint density at radius 3 is 1.74 bits per heavy atom. The SMILES string of the molecule is CCOC1C(=C2c3ccccc3-c3ccccc32)C(c2ccccc2)=N[C@]1(C)c1ccccc1. The first-order valence-electron chi connectivity index (χ1n) is 12.0. The zero-order valence-corrected chi connectivity index (χ0v) is 19.5. The summed E-state index contributed by atoms with van der Waals surface area (Å²) in [6, 6.07) is 38.6. The van der Waals surface area contributed by atoms with Crippen LogP contribution in [-0.4, -0.2) is 18.4 Å². The monoisotopic (exact) mass is 441 g/mol. The van der Waals surface area contributed by atoms with Gasteiger partial charge in [0.25, 0.3) is 0 Å². The molecule has 0 spiro atoms. The van der Waals surface area contributed by atoms with E-state index in [9.17, 15) is 0 Å². The van der Waals surface area contributed by atoms with Crippen molar-refractivity contribution in [1.82, 2.24) is 0 Å². The molecule has 0 fully saturated rings. The number of aliphatic imine (C=N–C) groups is 1. The van der Waals surface area contributed by atoms with E-state index in [1.54, 1.807) is 0 Å². The van der Waals surface area contributed by atoms with Crippen molar-refractivity contribution in [2.75, 3.05) is 6.61 Å². The maximum atomic E-state index is 6.61. The first-order chi connectivity index (χ1) is 16.7. The summed E-state index contributed by atoms with van der Waals surface area (Å²) in [5, 5.41) is 0. The summed E-state index contributed by atoms with van der Waals surface area (Å²) in [5.41, 5.74) is 10.3. The molecule has 2 nitrogen and oxygen atoms in total. The molecule has 4 aromatic carbocycles. The summed E-state index contributed by atoms with van der Waals surface area (Å²) in [6.07, 6.45) is -0.204. The van der Waals surface area contributed by atoms with Gasteiger partial charge in [0.2, 0.25) is 0 Å². The van der Waals surface area contributed by atoms with Crippen LogP contribution in [0.4, 0.5) is 0 Å². The molecule has 2 atom stereocenters. The van der Waals surface area contributed by atoms with Gasteiger partial charge in [-0.25, -0.2) is 0 Å². The number of benzene rings is 4. The third kappa shape index (κ3) is 3.10. The number of nitrogens with zero attached hydrogens (tertiary/aromatic N) is 1. The van der Waals surface area contributed by atoms with Crippen molar-refractivity contribution in [1.29, 1.82) is 0 Å². The van der Waals surface area contributed by atoms with E-state index in [2.05, 4.69) is 123 Å². The Balaban J connectivity index is 1.71. The van der Waals surface area contributed by atoms with Crippen LogP contribution in [-0.2, 0) is 10.3 Å². The van der Waals surface area contributed by atoms with E-state index in [1.807, 2.05) is 0 Å². The Kier molecular flexibility index (Phi) is 5.04. The molecule has 0 bridgehead atoms. The van der Waals surface area contributed by atoms with E-state index in [0.29, 0.717) is 6.61 Å². The molecule has 6 rings (SSSR count). The lowest BCUT2D eigenvalue weighted by Crippen LogP contribution is -2.35. The number of rotatable bonds is 4. The highest BCUT2D eigenvalue weighted by molar-refractivity contribution is 6.22. The molecule has 1 aliphatic carbocycles. The third-order valence-corrected chi connectivity index (χ3v) is 7.06. The summed E-state index contributed by atoms with van der Waals surface area (Å²) in [4.78, 5) is 5.47. The minimum Gasteiger partial charge on any atom is -0.371 e. The van der Waals surface area contributed by atoms with Gasteiger partial charge in [0, 0.05) is 17.7 Å². The molecule has 1 heterocycles. The Morgan fingerprint density at radius 1 is 0.676 bits per heavy atom. The van der Waals surface area contributed by atoms with Gasteiger partial charge in [0.1, 0.15) is 11.6 Å². The number of ether oxygens (including phenoxy) is 1. The fourth-order valence-corrected chi connectivity index (χ4v) is 5.53. The average molecular weight is 442 g/mol. The molecule has 0 N–H and O–H groups in total. The fourth-order valence-electron chi connectivity index (χ4n) is 5.53.